The van der Waals surface area contributed by atoms with Crippen LogP contribution in [0.4, 0.5) is 5.82 Å². The van der Waals surface area contributed by atoms with Gasteiger partial charge in [0.2, 0.25) is 5.91 Å². The smallest absolute Gasteiger partial charge is 0.246 e. The first-order chi connectivity index (χ1) is 14.4. The monoisotopic (exact) mass is 420 g/mol. The molecule has 0 bridgehead atoms. The third kappa shape index (κ3) is 4.10. The van der Waals surface area contributed by atoms with Gasteiger partial charge in [-0.2, -0.15) is 0 Å². The quantitative estimate of drug-likeness (QED) is 0.569. The second kappa shape index (κ2) is 8.56. The first kappa shape index (κ1) is 20.5. The number of carbonyl (C=O) groups is 1. The molecule has 4 rings (SSSR count). The Balaban J connectivity index is 1.52. The van der Waals surface area contributed by atoms with Crippen molar-refractivity contribution in [2.75, 3.05) is 31.1 Å². The summed E-state index contributed by atoms with van der Waals surface area (Å²) in [7, 11) is 0. The van der Waals surface area contributed by atoms with E-state index in [1.807, 2.05) is 41.3 Å². The third-order valence-electron chi connectivity index (χ3n) is 5.65. The summed E-state index contributed by atoms with van der Waals surface area (Å²) in [5.74, 6) is 2.26. The molecule has 5 nitrogen and oxygen atoms in total. The minimum absolute atomic E-state index is 0.0664. The second-order valence-electron chi connectivity index (χ2n) is 8.08. The summed E-state index contributed by atoms with van der Waals surface area (Å²) in [4.78, 5) is 29.0. The highest BCUT2D eigenvalue weighted by molar-refractivity contribution is 7.18. The van der Waals surface area contributed by atoms with Gasteiger partial charge in [-0.3, -0.25) is 4.79 Å². The number of aryl methyl sites for hydroxylation is 2. The van der Waals surface area contributed by atoms with Gasteiger partial charge in [-0.15, -0.1) is 11.3 Å². The molecular weight excluding hydrogens is 392 g/mol. The van der Waals surface area contributed by atoms with Crippen LogP contribution in [0.1, 0.15) is 41.6 Å². The Kier molecular flexibility index (Phi) is 5.86. The molecule has 0 spiro atoms. The molecule has 1 aliphatic heterocycles. The van der Waals surface area contributed by atoms with Crippen molar-refractivity contribution in [1.29, 1.82) is 0 Å². The van der Waals surface area contributed by atoms with E-state index in [1.165, 1.54) is 15.8 Å². The van der Waals surface area contributed by atoms with E-state index in [2.05, 4.69) is 32.6 Å². The second-order valence-corrected chi connectivity index (χ2v) is 9.28. The number of hydrogen-bond donors (Lipinski definition) is 0. The number of nitrogens with zero attached hydrogens (tertiary/aromatic N) is 4. The fourth-order valence-corrected chi connectivity index (χ4v) is 4.74. The maximum absolute atomic E-state index is 12.6. The lowest BCUT2D eigenvalue weighted by molar-refractivity contribution is -0.126. The average Bonchev–Trinajstić information content (AvgIpc) is 3.05. The van der Waals surface area contributed by atoms with Gasteiger partial charge < -0.3 is 9.80 Å². The number of anilines is 1. The van der Waals surface area contributed by atoms with Crippen molar-refractivity contribution in [3.8, 4) is 0 Å². The SMILES string of the molecule is Cc1sc2nc(C(C)C)nc(N3CCN(C(=O)/C=C/c4ccccc4)CC3)c2c1C. The van der Waals surface area contributed by atoms with Crippen LogP contribution < -0.4 is 4.90 Å². The van der Waals surface area contributed by atoms with Gasteiger partial charge in [0.15, 0.2) is 0 Å². The zero-order valence-corrected chi connectivity index (χ0v) is 18.9. The normalized spacial score (nSPS) is 15.0. The molecule has 2 aromatic heterocycles. The molecule has 0 radical (unpaired) electrons. The fraction of sp³-hybridized carbons (Fsp3) is 0.375. The highest BCUT2D eigenvalue weighted by atomic mass is 32.1. The van der Waals surface area contributed by atoms with Crippen molar-refractivity contribution in [3.05, 3.63) is 58.2 Å². The molecule has 0 atom stereocenters. The van der Waals surface area contributed by atoms with Gasteiger partial charge in [0, 0.05) is 43.1 Å². The highest BCUT2D eigenvalue weighted by Gasteiger charge is 2.25. The zero-order chi connectivity index (χ0) is 21.3. The summed E-state index contributed by atoms with van der Waals surface area (Å²) >= 11 is 1.75. The van der Waals surface area contributed by atoms with Crippen molar-refractivity contribution in [1.82, 2.24) is 14.9 Å². The molecule has 0 aliphatic carbocycles. The summed E-state index contributed by atoms with van der Waals surface area (Å²) in [6, 6.07) is 9.93. The Hall–Kier alpha value is -2.73. The van der Waals surface area contributed by atoms with E-state index in [0.717, 1.165) is 35.1 Å². The van der Waals surface area contributed by atoms with Crippen molar-refractivity contribution < 1.29 is 4.79 Å². The molecule has 3 aromatic rings. The van der Waals surface area contributed by atoms with Crippen LogP contribution in [0.3, 0.4) is 0 Å². The third-order valence-corrected chi connectivity index (χ3v) is 6.75. The molecule has 1 amide bonds. The van der Waals surface area contributed by atoms with Crippen LogP contribution in [0.15, 0.2) is 36.4 Å². The maximum Gasteiger partial charge on any atom is 0.246 e. The van der Waals surface area contributed by atoms with Crippen molar-refractivity contribution in [2.24, 2.45) is 0 Å². The lowest BCUT2D eigenvalue weighted by atomic mass is 10.1. The minimum Gasteiger partial charge on any atom is -0.352 e. The lowest BCUT2D eigenvalue weighted by Gasteiger charge is -2.35. The largest absolute Gasteiger partial charge is 0.352 e. The van der Waals surface area contributed by atoms with E-state index in [-0.39, 0.29) is 11.8 Å². The Morgan fingerprint density at radius 1 is 1.07 bits per heavy atom. The van der Waals surface area contributed by atoms with E-state index in [9.17, 15) is 4.79 Å². The summed E-state index contributed by atoms with van der Waals surface area (Å²) in [6.07, 6.45) is 3.56. The summed E-state index contributed by atoms with van der Waals surface area (Å²) < 4.78 is 0. The van der Waals surface area contributed by atoms with E-state index in [4.69, 9.17) is 9.97 Å². The van der Waals surface area contributed by atoms with Crippen LogP contribution in [-0.2, 0) is 4.79 Å². The standard InChI is InChI=1S/C24H28N4OS/c1-16(2)22-25-23(21-17(3)18(4)30-24(21)26-22)28-14-12-27(13-15-28)20(29)11-10-19-8-6-5-7-9-19/h5-11,16H,12-15H2,1-4H3/b11-10+. The molecule has 1 aliphatic rings. The van der Waals surface area contributed by atoms with Crippen LogP contribution in [0.5, 0.6) is 0 Å². The van der Waals surface area contributed by atoms with Gasteiger partial charge in [-0.25, -0.2) is 9.97 Å². The van der Waals surface area contributed by atoms with Gasteiger partial charge >= 0.3 is 0 Å². The summed E-state index contributed by atoms with van der Waals surface area (Å²) in [6.45, 7) is 11.5. The van der Waals surface area contributed by atoms with Crippen molar-refractivity contribution in [2.45, 2.75) is 33.6 Å². The highest BCUT2D eigenvalue weighted by Crippen LogP contribution is 2.36. The van der Waals surface area contributed by atoms with Gasteiger partial charge in [0.05, 0.1) is 5.39 Å². The molecule has 0 unspecified atom stereocenters. The maximum atomic E-state index is 12.6. The number of amides is 1. The molecule has 0 saturated carbocycles. The van der Waals surface area contributed by atoms with Gasteiger partial charge in [-0.1, -0.05) is 44.2 Å². The average molecular weight is 421 g/mol. The Bertz CT molecular complexity index is 1080. The number of hydrogen-bond acceptors (Lipinski definition) is 5. The van der Waals surface area contributed by atoms with Crippen LogP contribution in [0.25, 0.3) is 16.3 Å². The number of fused-ring (bicyclic) bond motifs is 1. The van der Waals surface area contributed by atoms with Gasteiger partial charge in [0.1, 0.15) is 16.5 Å². The molecular formula is C24H28N4OS. The summed E-state index contributed by atoms with van der Waals surface area (Å²) in [5, 5.41) is 1.17. The first-order valence-electron chi connectivity index (χ1n) is 10.5. The van der Waals surface area contributed by atoms with E-state index in [0.29, 0.717) is 13.1 Å². The molecule has 30 heavy (non-hydrogen) atoms. The van der Waals surface area contributed by atoms with Gasteiger partial charge in [-0.05, 0) is 31.1 Å². The Labute approximate surface area is 182 Å². The zero-order valence-electron chi connectivity index (χ0n) is 18.1. The van der Waals surface area contributed by atoms with Crippen molar-refractivity contribution in [3.63, 3.8) is 0 Å². The molecule has 6 heteroatoms. The Morgan fingerprint density at radius 2 is 1.77 bits per heavy atom. The molecule has 156 valence electrons. The summed E-state index contributed by atoms with van der Waals surface area (Å²) in [5.41, 5.74) is 2.31. The lowest BCUT2D eigenvalue weighted by Crippen LogP contribution is -2.48. The number of carbonyl (C=O) groups excluding carboxylic acids is 1. The molecule has 1 saturated heterocycles. The fourth-order valence-electron chi connectivity index (χ4n) is 3.71. The predicted octanol–water partition coefficient (Wildman–Crippen LogP) is 4.79. The predicted molar refractivity (Wildman–Crippen MR) is 125 cm³/mol. The molecule has 1 aromatic carbocycles. The van der Waals surface area contributed by atoms with Crippen LogP contribution in [0, 0.1) is 13.8 Å². The first-order valence-corrected chi connectivity index (χ1v) is 11.3. The number of benzene rings is 1. The number of piperazine rings is 1. The minimum atomic E-state index is 0.0664. The van der Waals surface area contributed by atoms with Crippen LogP contribution >= 0.6 is 11.3 Å². The van der Waals surface area contributed by atoms with E-state index in [1.54, 1.807) is 17.4 Å². The molecule has 3 heterocycles. The van der Waals surface area contributed by atoms with E-state index >= 15 is 0 Å². The number of rotatable bonds is 4. The van der Waals surface area contributed by atoms with E-state index < -0.39 is 0 Å². The topological polar surface area (TPSA) is 49.3 Å². The number of thiophene rings is 1. The van der Waals surface area contributed by atoms with Crippen LogP contribution in [-0.4, -0.2) is 47.0 Å². The molecule has 1 fully saturated rings. The molecule has 0 N–H and O–H groups in total. The van der Waals surface area contributed by atoms with Crippen molar-refractivity contribution >= 4 is 39.4 Å². The van der Waals surface area contributed by atoms with Crippen LogP contribution in [0.2, 0.25) is 0 Å². The number of aromatic nitrogens is 2. The van der Waals surface area contributed by atoms with Gasteiger partial charge in [0.25, 0.3) is 0 Å². The Morgan fingerprint density at radius 3 is 2.43 bits per heavy atom.